The average molecular weight is 136 g/mol. The summed E-state index contributed by atoms with van der Waals surface area (Å²) in [4.78, 5) is 0. The largest absolute Gasteiger partial charge is 0.471 e. The molecule has 0 radical (unpaired) electrons. The van der Waals surface area contributed by atoms with E-state index in [0.29, 0.717) is 6.73 Å². The summed E-state index contributed by atoms with van der Waals surface area (Å²) < 4.78 is 5.19. The van der Waals surface area contributed by atoms with Gasteiger partial charge < -0.3 is 15.8 Å². The number of anilines is 2. The molecule has 0 aromatic heterocycles. The minimum atomic E-state index is 0.554. The number of ether oxygens (including phenoxy) is 1. The highest BCUT2D eigenvalue weighted by Crippen LogP contribution is 2.30. The molecular weight excluding hydrogens is 128 g/mol. The maximum atomic E-state index is 5.52. The van der Waals surface area contributed by atoms with Gasteiger partial charge in [-0.05, 0) is 12.1 Å². The van der Waals surface area contributed by atoms with Crippen molar-refractivity contribution < 1.29 is 4.74 Å². The Morgan fingerprint density at radius 2 is 2.40 bits per heavy atom. The molecule has 0 aliphatic carbocycles. The van der Waals surface area contributed by atoms with E-state index in [4.69, 9.17) is 10.5 Å². The number of fused-ring (bicyclic) bond motifs is 1. The van der Waals surface area contributed by atoms with Gasteiger partial charge in [-0.15, -0.1) is 0 Å². The highest BCUT2D eigenvalue weighted by molar-refractivity contribution is 5.64. The zero-order valence-corrected chi connectivity index (χ0v) is 5.42. The molecule has 1 aliphatic rings. The number of hydrogen-bond donors (Lipinski definition) is 2. The molecule has 0 atom stereocenters. The van der Waals surface area contributed by atoms with E-state index in [1.165, 1.54) is 0 Å². The van der Waals surface area contributed by atoms with E-state index in [0.717, 1.165) is 17.1 Å². The highest BCUT2D eigenvalue weighted by atomic mass is 16.5. The van der Waals surface area contributed by atoms with Crippen molar-refractivity contribution in [2.24, 2.45) is 0 Å². The van der Waals surface area contributed by atoms with Crippen molar-refractivity contribution in [1.29, 1.82) is 0 Å². The molecule has 2 rings (SSSR count). The summed E-state index contributed by atoms with van der Waals surface area (Å²) in [6.07, 6.45) is 0. The van der Waals surface area contributed by atoms with Crippen LogP contribution >= 0.6 is 0 Å². The van der Waals surface area contributed by atoms with E-state index >= 15 is 0 Å². The Balaban J connectivity index is 2.52. The Bertz CT molecular complexity index is 260. The molecule has 0 saturated heterocycles. The fraction of sp³-hybridized carbons (Fsp3) is 0.143. The molecule has 1 aromatic rings. The molecule has 3 N–H and O–H groups in total. The van der Waals surface area contributed by atoms with E-state index in [1.807, 2.05) is 18.2 Å². The molecule has 0 fully saturated rings. The minimum absolute atomic E-state index is 0.554. The number of nitrogens with one attached hydrogen (secondary N) is 1. The van der Waals surface area contributed by atoms with Crippen molar-refractivity contribution >= 4 is 11.4 Å². The van der Waals surface area contributed by atoms with Crippen molar-refractivity contribution in [3.05, 3.63) is 18.2 Å². The minimum Gasteiger partial charge on any atom is -0.471 e. The fourth-order valence-electron chi connectivity index (χ4n) is 0.996. The van der Waals surface area contributed by atoms with Gasteiger partial charge >= 0.3 is 0 Å². The monoisotopic (exact) mass is 136 g/mol. The first kappa shape index (κ1) is 5.41. The van der Waals surface area contributed by atoms with Crippen molar-refractivity contribution in [3.63, 3.8) is 0 Å². The Hall–Kier alpha value is -1.38. The number of nitrogens with two attached hydrogens (primary N) is 1. The van der Waals surface area contributed by atoms with Crippen molar-refractivity contribution in [2.45, 2.75) is 0 Å². The summed E-state index contributed by atoms with van der Waals surface area (Å²) in [5, 5.41) is 3.05. The molecule has 3 nitrogen and oxygen atoms in total. The van der Waals surface area contributed by atoms with Crippen LogP contribution in [0.15, 0.2) is 18.2 Å². The van der Waals surface area contributed by atoms with Gasteiger partial charge in [0, 0.05) is 11.8 Å². The van der Waals surface area contributed by atoms with Gasteiger partial charge in [0.2, 0.25) is 0 Å². The molecule has 1 heterocycles. The lowest BCUT2D eigenvalue weighted by Gasteiger charge is -1.96. The Kier molecular flexibility index (Phi) is 0.974. The summed E-state index contributed by atoms with van der Waals surface area (Å²) in [6.45, 7) is 0.554. The maximum absolute atomic E-state index is 5.52. The zero-order chi connectivity index (χ0) is 6.97. The smallest absolute Gasteiger partial charge is 0.159 e. The summed E-state index contributed by atoms with van der Waals surface area (Å²) in [6, 6.07) is 5.58. The molecule has 1 aromatic carbocycles. The molecule has 1 aliphatic heterocycles. The highest BCUT2D eigenvalue weighted by Gasteiger charge is 2.09. The van der Waals surface area contributed by atoms with Gasteiger partial charge in [-0.1, -0.05) is 0 Å². The van der Waals surface area contributed by atoms with Crippen LogP contribution in [0, 0.1) is 0 Å². The first-order valence-corrected chi connectivity index (χ1v) is 3.12. The lowest BCUT2D eigenvalue weighted by Crippen LogP contribution is -1.96. The van der Waals surface area contributed by atoms with Gasteiger partial charge in [0.25, 0.3) is 0 Å². The van der Waals surface area contributed by atoms with Crippen LogP contribution in [0.2, 0.25) is 0 Å². The molecule has 3 heteroatoms. The molecular formula is C7H8N2O. The van der Waals surface area contributed by atoms with E-state index < -0.39 is 0 Å². The number of hydrogen-bond acceptors (Lipinski definition) is 3. The van der Waals surface area contributed by atoms with E-state index in [9.17, 15) is 0 Å². The van der Waals surface area contributed by atoms with Crippen LogP contribution < -0.4 is 15.8 Å². The summed E-state index contributed by atoms with van der Waals surface area (Å²) in [5.41, 5.74) is 7.28. The van der Waals surface area contributed by atoms with Gasteiger partial charge in [0.15, 0.2) is 6.73 Å². The van der Waals surface area contributed by atoms with E-state index in [-0.39, 0.29) is 0 Å². The molecule has 0 bridgehead atoms. The number of nitrogen functional groups attached to an aromatic ring is 1. The molecule has 10 heavy (non-hydrogen) atoms. The quantitative estimate of drug-likeness (QED) is 0.524. The van der Waals surface area contributed by atoms with Gasteiger partial charge in [-0.3, -0.25) is 0 Å². The van der Waals surface area contributed by atoms with Gasteiger partial charge in [-0.2, -0.15) is 0 Å². The second kappa shape index (κ2) is 1.80. The number of rotatable bonds is 0. The van der Waals surface area contributed by atoms with Gasteiger partial charge in [0.1, 0.15) is 5.75 Å². The first-order valence-electron chi connectivity index (χ1n) is 3.12. The summed E-state index contributed by atoms with van der Waals surface area (Å²) in [5.74, 6) is 0.847. The third-order valence-corrected chi connectivity index (χ3v) is 1.50. The SMILES string of the molecule is Nc1ccc2c(c1)OCN2. The molecule has 0 amide bonds. The maximum Gasteiger partial charge on any atom is 0.159 e. The predicted molar refractivity (Wildman–Crippen MR) is 40.0 cm³/mol. The van der Waals surface area contributed by atoms with Crippen LogP contribution in [-0.2, 0) is 0 Å². The number of benzene rings is 1. The van der Waals surface area contributed by atoms with Crippen molar-refractivity contribution in [3.8, 4) is 5.75 Å². The third-order valence-electron chi connectivity index (χ3n) is 1.50. The van der Waals surface area contributed by atoms with Crippen LogP contribution in [-0.4, -0.2) is 6.73 Å². The van der Waals surface area contributed by atoms with Crippen LogP contribution in [0.3, 0.4) is 0 Å². The van der Waals surface area contributed by atoms with E-state index in [1.54, 1.807) is 0 Å². The first-order chi connectivity index (χ1) is 4.86. The lowest BCUT2D eigenvalue weighted by atomic mass is 10.3. The standard InChI is InChI=1S/C7H8N2O/c8-5-1-2-6-7(3-5)10-4-9-6/h1-3,9H,4,8H2. The normalized spacial score (nSPS) is 13.6. The Morgan fingerprint density at radius 1 is 1.50 bits per heavy atom. The Labute approximate surface area is 58.8 Å². The van der Waals surface area contributed by atoms with Gasteiger partial charge in [0.05, 0.1) is 5.69 Å². The molecule has 52 valence electrons. The Morgan fingerprint density at radius 3 is 3.30 bits per heavy atom. The molecule has 0 unspecified atom stereocenters. The van der Waals surface area contributed by atoms with Crippen molar-refractivity contribution in [2.75, 3.05) is 17.8 Å². The average Bonchev–Trinajstić information content (AvgIpc) is 2.33. The second-order valence-electron chi connectivity index (χ2n) is 2.22. The third kappa shape index (κ3) is 0.673. The predicted octanol–water partition coefficient (Wildman–Crippen LogP) is 1.03. The van der Waals surface area contributed by atoms with Crippen LogP contribution in [0.1, 0.15) is 0 Å². The lowest BCUT2D eigenvalue weighted by molar-refractivity contribution is 0.372. The van der Waals surface area contributed by atoms with Crippen LogP contribution in [0.5, 0.6) is 5.75 Å². The summed E-state index contributed by atoms with van der Waals surface area (Å²) in [7, 11) is 0. The molecule has 0 spiro atoms. The van der Waals surface area contributed by atoms with E-state index in [2.05, 4.69) is 5.32 Å². The molecule has 0 saturated carbocycles. The van der Waals surface area contributed by atoms with Crippen LogP contribution in [0.25, 0.3) is 0 Å². The zero-order valence-electron chi connectivity index (χ0n) is 5.42. The van der Waals surface area contributed by atoms with Gasteiger partial charge in [-0.25, -0.2) is 0 Å². The summed E-state index contributed by atoms with van der Waals surface area (Å²) >= 11 is 0. The van der Waals surface area contributed by atoms with Crippen molar-refractivity contribution in [1.82, 2.24) is 0 Å². The van der Waals surface area contributed by atoms with Crippen LogP contribution in [0.4, 0.5) is 11.4 Å². The topological polar surface area (TPSA) is 47.3 Å². The fourth-order valence-corrected chi connectivity index (χ4v) is 0.996. The second-order valence-corrected chi connectivity index (χ2v) is 2.22.